The maximum absolute atomic E-state index is 13.3. The topological polar surface area (TPSA) is 96.0 Å². The van der Waals surface area contributed by atoms with Crippen molar-refractivity contribution in [3.05, 3.63) is 77.7 Å². The van der Waals surface area contributed by atoms with Crippen LogP contribution in [0.3, 0.4) is 0 Å². The highest BCUT2D eigenvalue weighted by Crippen LogP contribution is 2.24. The molecule has 3 N–H and O–H groups in total. The number of rotatable bonds is 7. The van der Waals surface area contributed by atoms with Crippen molar-refractivity contribution >= 4 is 50.3 Å². The SMILES string of the molecule is C=CS(=O)(=O)Nc1cccc(Nc2cc(Nc3ccc(F)c(Cl)c3)ncn2)c1. The summed E-state index contributed by atoms with van der Waals surface area (Å²) in [4.78, 5) is 8.23. The number of hydrogen-bond donors (Lipinski definition) is 3. The van der Waals surface area contributed by atoms with Crippen LogP contribution in [0.25, 0.3) is 0 Å². The number of halogens is 2. The first-order valence-corrected chi connectivity index (χ1v) is 9.83. The molecule has 1 heterocycles. The maximum atomic E-state index is 13.3. The van der Waals surface area contributed by atoms with Gasteiger partial charge in [-0.2, -0.15) is 0 Å². The fourth-order valence-electron chi connectivity index (χ4n) is 2.23. The Morgan fingerprint density at radius 1 is 0.964 bits per heavy atom. The van der Waals surface area contributed by atoms with Gasteiger partial charge >= 0.3 is 0 Å². The quantitative estimate of drug-likeness (QED) is 0.516. The average Bonchev–Trinajstić information content (AvgIpc) is 2.65. The van der Waals surface area contributed by atoms with Gasteiger partial charge in [0.25, 0.3) is 10.0 Å². The van der Waals surface area contributed by atoms with Gasteiger partial charge in [0, 0.05) is 22.8 Å². The zero-order chi connectivity index (χ0) is 20.1. The molecule has 1 aromatic heterocycles. The fraction of sp³-hybridized carbons (Fsp3) is 0. The third-order valence-electron chi connectivity index (χ3n) is 3.47. The van der Waals surface area contributed by atoms with Gasteiger partial charge in [0.05, 0.1) is 10.7 Å². The zero-order valence-corrected chi connectivity index (χ0v) is 15.9. The molecule has 144 valence electrons. The number of nitrogens with zero attached hydrogens (tertiary/aromatic N) is 2. The van der Waals surface area contributed by atoms with Crippen LogP contribution in [-0.2, 0) is 10.0 Å². The summed E-state index contributed by atoms with van der Waals surface area (Å²) < 4.78 is 38.8. The highest BCUT2D eigenvalue weighted by atomic mass is 35.5. The molecule has 0 saturated heterocycles. The summed E-state index contributed by atoms with van der Waals surface area (Å²) in [6.07, 6.45) is 1.35. The smallest absolute Gasteiger partial charge is 0.254 e. The molecule has 0 fully saturated rings. The Morgan fingerprint density at radius 2 is 1.61 bits per heavy atom. The van der Waals surface area contributed by atoms with Crippen LogP contribution in [0.4, 0.5) is 33.1 Å². The van der Waals surface area contributed by atoms with Crippen molar-refractivity contribution < 1.29 is 12.8 Å². The number of nitrogens with one attached hydrogen (secondary N) is 3. The van der Waals surface area contributed by atoms with E-state index in [1.807, 2.05) is 0 Å². The molecule has 0 aliphatic heterocycles. The number of hydrogen-bond acceptors (Lipinski definition) is 6. The molecule has 3 aromatic rings. The summed E-state index contributed by atoms with van der Waals surface area (Å²) in [6, 6.07) is 12.5. The lowest BCUT2D eigenvalue weighted by atomic mass is 10.3. The fourth-order valence-corrected chi connectivity index (χ4v) is 2.95. The van der Waals surface area contributed by atoms with Crippen molar-refractivity contribution in [1.82, 2.24) is 9.97 Å². The normalized spacial score (nSPS) is 10.9. The molecule has 3 rings (SSSR count). The van der Waals surface area contributed by atoms with Crippen LogP contribution in [0.1, 0.15) is 0 Å². The van der Waals surface area contributed by atoms with E-state index >= 15 is 0 Å². The van der Waals surface area contributed by atoms with Crippen molar-refractivity contribution in [3.63, 3.8) is 0 Å². The molecule has 0 unspecified atom stereocenters. The van der Waals surface area contributed by atoms with Crippen LogP contribution in [0.15, 0.2) is 66.8 Å². The van der Waals surface area contributed by atoms with Gasteiger partial charge < -0.3 is 10.6 Å². The number of anilines is 5. The molecule has 28 heavy (non-hydrogen) atoms. The molecule has 0 atom stereocenters. The standard InChI is InChI=1S/C18H15ClFN5O2S/c1-2-28(26,27)25-14-5-3-4-12(8-14)23-17-10-18(22-11-21-17)24-13-6-7-16(20)15(19)9-13/h2-11,25H,1H2,(H2,21,22,23,24). The van der Waals surface area contributed by atoms with E-state index in [9.17, 15) is 12.8 Å². The summed E-state index contributed by atoms with van der Waals surface area (Å²) in [5.74, 6) is 0.419. The molecular formula is C18H15ClFN5O2S. The molecule has 0 saturated carbocycles. The van der Waals surface area contributed by atoms with Gasteiger partial charge in [-0.1, -0.05) is 24.2 Å². The predicted octanol–water partition coefficient (Wildman–Crippen LogP) is 4.64. The molecule has 0 amide bonds. The Hall–Kier alpha value is -3.17. The van der Waals surface area contributed by atoms with Gasteiger partial charge in [0.2, 0.25) is 0 Å². The van der Waals surface area contributed by atoms with Crippen molar-refractivity contribution in [3.8, 4) is 0 Å². The van der Waals surface area contributed by atoms with E-state index < -0.39 is 15.8 Å². The van der Waals surface area contributed by atoms with E-state index in [1.54, 1.807) is 30.3 Å². The lowest BCUT2D eigenvalue weighted by molar-refractivity contribution is 0.609. The lowest BCUT2D eigenvalue weighted by Crippen LogP contribution is -2.08. The number of benzene rings is 2. The molecule has 0 aliphatic carbocycles. The van der Waals surface area contributed by atoms with E-state index in [0.29, 0.717) is 28.7 Å². The van der Waals surface area contributed by atoms with E-state index in [1.165, 1.54) is 24.5 Å². The number of sulfonamides is 1. The Bertz CT molecular complexity index is 1120. The molecule has 0 bridgehead atoms. The largest absolute Gasteiger partial charge is 0.340 e. The Kier molecular flexibility index (Phi) is 5.76. The second-order valence-corrected chi connectivity index (χ2v) is 7.60. The minimum absolute atomic E-state index is 0.00352. The first-order valence-electron chi connectivity index (χ1n) is 7.91. The van der Waals surface area contributed by atoms with Gasteiger partial charge in [-0.05, 0) is 36.4 Å². The highest BCUT2D eigenvalue weighted by Gasteiger charge is 2.06. The summed E-state index contributed by atoms with van der Waals surface area (Å²) in [5, 5.41) is 6.89. The summed E-state index contributed by atoms with van der Waals surface area (Å²) >= 11 is 5.77. The van der Waals surface area contributed by atoms with Crippen LogP contribution in [0.5, 0.6) is 0 Å². The van der Waals surface area contributed by atoms with Crippen LogP contribution < -0.4 is 15.4 Å². The minimum Gasteiger partial charge on any atom is -0.340 e. The Balaban J connectivity index is 1.76. The van der Waals surface area contributed by atoms with Gasteiger partial charge in [0.1, 0.15) is 23.8 Å². The molecule has 10 heteroatoms. The molecule has 0 aliphatic rings. The monoisotopic (exact) mass is 419 g/mol. The molecule has 0 radical (unpaired) electrons. The highest BCUT2D eigenvalue weighted by molar-refractivity contribution is 7.95. The van der Waals surface area contributed by atoms with Gasteiger partial charge in [-0.3, -0.25) is 4.72 Å². The van der Waals surface area contributed by atoms with Crippen LogP contribution >= 0.6 is 11.6 Å². The Morgan fingerprint density at radius 3 is 2.25 bits per heavy atom. The van der Waals surface area contributed by atoms with Crippen molar-refractivity contribution in [2.45, 2.75) is 0 Å². The van der Waals surface area contributed by atoms with Crippen LogP contribution in [0, 0.1) is 5.82 Å². The second kappa shape index (κ2) is 8.24. The molecule has 7 nitrogen and oxygen atoms in total. The van der Waals surface area contributed by atoms with E-state index in [4.69, 9.17) is 11.6 Å². The van der Waals surface area contributed by atoms with Gasteiger partial charge in [-0.25, -0.2) is 22.8 Å². The van der Waals surface area contributed by atoms with E-state index in [2.05, 4.69) is 31.9 Å². The average molecular weight is 420 g/mol. The molecular weight excluding hydrogens is 405 g/mol. The number of aromatic nitrogens is 2. The van der Waals surface area contributed by atoms with Crippen LogP contribution in [0.2, 0.25) is 5.02 Å². The van der Waals surface area contributed by atoms with Crippen molar-refractivity contribution in [2.24, 2.45) is 0 Å². The summed E-state index contributed by atoms with van der Waals surface area (Å²) in [6.45, 7) is 3.25. The van der Waals surface area contributed by atoms with Gasteiger partial charge in [0.15, 0.2) is 0 Å². The first-order chi connectivity index (χ1) is 13.3. The third-order valence-corrected chi connectivity index (χ3v) is 4.72. The Labute approximate surface area is 166 Å². The third kappa shape index (κ3) is 5.18. The predicted molar refractivity (Wildman–Crippen MR) is 109 cm³/mol. The molecule has 0 spiro atoms. The van der Waals surface area contributed by atoms with Crippen LogP contribution in [-0.4, -0.2) is 18.4 Å². The summed E-state index contributed by atoms with van der Waals surface area (Å²) in [5.41, 5.74) is 1.55. The maximum Gasteiger partial charge on any atom is 0.254 e. The van der Waals surface area contributed by atoms with E-state index in [0.717, 1.165) is 5.41 Å². The van der Waals surface area contributed by atoms with Crippen molar-refractivity contribution in [1.29, 1.82) is 0 Å². The zero-order valence-electron chi connectivity index (χ0n) is 14.4. The van der Waals surface area contributed by atoms with Gasteiger partial charge in [-0.15, -0.1) is 0 Å². The van der Waals surface area contributed by atoms with Crippen molar-refractivity contribution in [2.75, 3.05) is 15.4 Å². The minimum atomic E-state index is -3.60. The first kappa shape index (κ1) is 19.6. The second-order valence-electron chi connectivity index (χ2n) is 5.56. The molecule has 2 aromatic carbocycles. The van der Waals surface area contributed by atoms with E-state index in [-0.39, 0.29) is 5.02 Å². The lowest BCUT2D eigenvalue weighted by Gasteiger charge is -2.10. The summed E-state index contributed by atoms with van der Waals surface area (Å²) in [7, 11) is -3.60.